The van der Waals surface area contributed by atoms with Gasteiger partial charge in [0.25, 0.3) is 0 Å². The Labute approximate surface area is 128 Å². The van der Waals surface area contributed by atoms with Crippen molar-refractivity contribution in [3.8, 4) is 0 Å². The monoisotopic (exact) mass is 311 g/mol. The molecule has 1 aliphatic heterocycles. The number of hydrogen-bond acceptors (Lipinski definition) is 5. The Morgan fingerprint density at radius 2 is 2.05 bits per heavy atom. The number of nitrogens with one attached hydrogen (secondary N) is 1. The molecule has 1 N–H and O–H groups in total. The van der Waals surface area contributed by atoms with Crippen molar-refractivity contribution in [3.05, 3.63) is 11.5 Å². The minimum absolute atomic E-state index is 0.00795. The number of aryl methyl sites for hydroxylation is 2. The molecule has 0 bridgehead atoms. The average molecular weight is 311 g/mol. The van der Waals surface area contributed by atoms with Crippen molar-refractivity contribution in [2.24, 2.45) is 5.41 Å². The lowest BCUT2D eigenvalue weighted by Gasteiger charge is -2.29. The van der Waals surface area contributed by atoms with Gasteiger partial charge < -0.3 is 14.7 Å². The van der Waals surface area contributed by atoms with E-state index in [-0.39, 0.29) is 11.8 Å². The molecule has 0 radical (unpaired) electrons. The molecule has 2 amide bonds. The Hall–Kier alpha value is -1.50. The number of thioether (sulfide) groups is 1. The molecule has 0 aliphatic carbocycles. The van der Waals surface area contributed by atoms with Crippen molar-refractivity contribution in [3.63, 3.8) is 0 Å². The summed E-state index contributed by atoms with van der Waals surface area (Å²) >= 11 is 1.59. The Morgan fingerprint density at radius 3 is 2.57 bits per heavy atom. The van der Waals surface area contributed by atoms with E-state index < -0.39 is 11.5 Å². The van der Waals surface area contributed by atoms with Gasteiger partial charge in [-0.15, -0.1) is 11.8 Å². The first-order valence-electron chi connectivity index (χ1n) is 6.84. The molecule has 0 aromatic carbocycles. The van der Waals surface area contributed by atoms with Gasteiger partial charge in [-0.25, -0.2) is 0 Å². The maximum absolute atomic E-state index is 12.5. The highest BCUT2D eigenvalue weighted by molar-refractivity contribution is 7.99. The van der Waals surface area contributed by atoms with Crippen molar-refractivity contribution >= 4 is 29.3 Å². The number of nitrogens with zero attached hydrogens (tertiary/aromatic N) is 2. The van der Waals surface area contributed by atoms with E-state index in [1.54, 1.807) is 30.5 Å². The molecule has 21 heavy (non-hydrogen) atoms. The van der Waals surface area contributed by atoms with Crippen LogP contribution in [0.3, 0.4) is 0 Å². The van der Waals surface area contributed by atoms with E-state index in [1.165, 1.54) is 0 Å². The van der Waals surface area contributed by atoms with Crippen LogP contribution in [-0.2, 0) is 9.59 Å². The van der Waals surface area contributed by atoms with Crippen molar-refractivity contribution < 1.29 is 14.1 Å². The van der Waals surface area contributed by atoms with Crippen LogP contribution in [0.1, 0.15) is 32.2 Å². The zero-order valence-corrected chi connectivity index (χ0v) is 13.8. The second-order valence-corrected chi connectivity index (χ2v) is 7.23. The Balaban J connectivity index is 2.13. The Kier molecular flexibility index (Phi) is 4.32. The van der Waals surface area contributed by atoms with Gasteiger partial charge >= 0.3 is 0 Å². The number of hydrogen-bond donors (Lipinski definition) is 1. The fourth-order valence-corrected chi connectivity index (χ4v) is 3.31. The first-order chi connectivity index (χ1) is 9.71. The van der Waals surface area contributed by atoms with E-state index in [2.05, 4.69) is 10.5 Å². The number of anilines is 1. The minimum atomic E-state index is -0.494. The molecule has 7 heteroatoms. The minimum Gasteiger partial charge on any atom is -0.359 e. The lowest BCUT2D eigenvalue weighted by Crippen LogP contribution is -2.48. The largest absolute Gasteiger partial charge is 0.359 e. The summed E-state index contributed by atoms with van der Waals surface area (Å²) in [6.07, 6.45) is 0. The molecule has 116 valence electrons. The first-order valence-corrected chi connectivity index (χ1v) is 8.00. The smallest absolute Gasteiger partial charge is 0.248 e. The topological polar surface area (TPSA) is 75.4 Å². The summed E-state index contributed by atoms with van der Waals surface area (Å²) < 4.78 is 5.04. The van der Waals surface area contributed by atoms with Crippen molar-refractivity contribution in [2.45, 2.75) is 40.7 Å². The van der Waals surface area contributed by atoms with Crippen LogP contribution in [0, 0.1) is 19.3 Å². The second-order valence-electron chi connectivity index (χ2n) is 6.23. The highest BCUT2D eigenvalue weighted by Gasteiger charge is 2.39. The highest BCUT2D eigenvalue weighted by Crippen LogP contribution is 2.28. The van der Waals surface area contributed by atoms with Gasteiger partial charge in [-0.1, -0.05) is 25.9 Å². The summed E-state index contributed by atoms with van der Waals surface area (Å²) in [7, 11) is 0. The fraction of sp³-hybridized carbons (Fsp3) is 0.643. The SMILES string of the molecule is Cc1noc(C)c1NC(=O)[C@@H]1CSCN1C(=O)C(C)(C)C. The molecule has 6 nitrogen and oxygen atoms in total. The summed E-state index contributed by atoms with van der Waals surface area (Å²) in [4.78, 5) is 26.5. The van der Waals surface area contributed by atoms with Gasteiger partial charge in [0, 0.05) is 11.2 Å². The molecule has 1 atom stereocenters. The number of carbonyl (C=O) groups is 2. The van der Waals surface area contributed by atoms with Crippen LogP contribution < -0.4 is 5.32 Å². The van der Waals surface area contributed by atoms with E-state index in [0.717, 1.165) is 0 Å². The number of aromatic nitrogens is 1. The maximum Gasteiger partial charge on any atom is 0.248 e. The van der Waals surface area contributed by atoms with Gasteiger partial charge in [0.05, 0.1) is 5.88 Å². The quantitative estimate of drug-likeness (QED) is 0.906. The zero-order chi connectivity index (χ0) is 15.8. The third-order valence-electron chi connectivity index (χ3n) is 3.37. The summed E-state index contributed by atoms with van der Waals surface area (Å²) in [5.74, 6) is 1.53. The lowest BCUT2D eigenvalue weighted by atomic mass is 9.94. The van der Waals surface area contributed by atoms with Gasteiger partial charge in [-0.3, -0.25) is 9.59 Å². The molecule has 0 saturated carbocycles. The van der Waals surface area contributed by atoms with E-state index in [4.69, 9.17) is 4.52 Å². The number of carbonyl (C=O) groups excluding carboxylic acids is 2. The first kappa shape index (κ1) is 15.9. The van der Waals surface area contributed by atoms with Crippen LogP contribution in [0.4, 0.5) is 5.69 Å². The molecule has 1 fully saturated rings. The molecule has 2 heterocycles. The van der Waals surface area contributed by atoms with E-state index in [1.807, 2.05) is 20.8 Å². The summed E-state index contributed by atoms with van der Waals surface area (Å²) in [6, 6.07) is -0.449. The predicted molar refractivity (Wildman–Crippen MR) is 82.0 cm³/mol. The van der Waals surface area contributed by atoms with Gasteiger partial charge in [0.15, 0.2) is 5.76 Å². The van der Waals surface area contributed by atoms with Gasteiger partial charge in [-0.05, 0) is 13.8 Å². The third kappa shape index (κ3) is 3.23. The average Bonchev–Trinajstić information content (AvgIpc) is 2.98. The molecule has 1 aromatic rings. The van der Waals surface area contributed by atoms with Crippen LogP contribution in [0.5, 0.6) is 0 Å². The van der Waals surface area contributed by atoms with Gasteiger partial charge in [0.1, 0.15) is 17.4 Å². The normalized spacial score (nSPS) is 18.9. The van der Waals surface area contributed by atoms with Crippen LogP contribution >= 0.6 is 11.8 Å². The van der Waals surface area contributed by atoms with Crippen LogP contribution in [-0.4, -0.2) is 39.5 Å². The number of amides is 2. The van der Waals surface area contributed by atoms with Crippen LogP contribution in [0.15, 0.2) is 4.52 Å². The van der Waals surface area contributed by atoms with Crippen molar-refractivity contribution in [1.29, 1.82) is 0 Å². The lowest BCUT2D eigenvalue weighted by molar-refractivity contribution is -0.143. The number of rotatable bonds is 2. The highest BCUT2D eigenvalue weighted by atomic mass is 32.2. The molecular weight excluding hydrogens is 290 g/mol. The van der Waals surface area contributed by atoms with Crippen LogP contribution in [0.25, 0.3) is 0 Å². The van der Waals surface area contributed by atoms with E-state index in [9.17, 15) is 9.59 Å². The molecule has 1 aromatic heterocycles. The molecule has 0 spiro atoms. The van der Waals surface area contributed by atoms with Crippen molar-refractivity contribution in [2.75, 3.05) is 16.9 Å². The standard InChI is InChI=1S/C14H21N3O3S/c1-8-11(9(2)20-16-8)15-12(18)10-6-21-7-17(10)13(19)14(3,4)5/h10H,6-7H2,1-5H3,(H,15,18)/t10-/m0/s1. The van der Waals surface area contributed by atoms with Crippen molar-refractivity contribution in [1.82, 2.24) is 10.1 Å². The van der Waals surface area contributed by atoms with E-state index in [0.29, 0.717) is 28.8 Å². The summed E-state index contributed by atoms with van der Waals surface area (Å²) in [6.45, 7) is 9.11. The molecular formula is C14H21N3O3S. The van der Waals surface area contributed by atoms with Gasteiger partial charge in [0.2, 0.25) is 11.8 Å². The molecule has 2 rings (SSSR count). The molecule has 1 saturated heterocycles. The summed E-state index contributed by atoms with van der Waals surface area (Å²) in [5.41, 5.74) is 0.743. The molecule has 1 aliphatic rings. The second kappa shape index (κ2) is 5.71. The molecule has 0 unspecified atom stereocenters. The Bertz CT molecular complexity index is 543. The third-order valence-corrected chi connectivity index (χ3v) is 4.38. The maximum atomic E-state index is 12.5. The summed E-state index contributed by atoms with van der Waals surface area (Å²) in [5, 5.41) is 6.65. The van der Waals surface area contributed by atoms with Gasteiger partial charge in [-0.2, -0.15) is 0 Å². The van der Waals surface area contributed by atoms with Crippen LogP contribution in [0.2, 0.25) is 0 Å². The zero-order valence-electron chi connectivity index (χ0n) is 13.0. The predicted octanol–water partition coefficient (Wildman–Crippen LogP) is 2.18. The fourth-order valence-electron chi connectivity index (χ4n) is 2.16. The van der Waals surface area contributed by atoms with E-state index >= 15 is 0 Å². The Morgan fingerprint density at radius 1 is 1.38 bits per heavy atom.